The number of fused-ring (bicyclic) bond motifs is 1. The van der Waals surface area contributed by atoms with Crippen LogP contribution in [0.4, 0.5) is 8.78 Å². The number of nitrogens with zero attached hydrogens (tertiary/aromatic N) is 2. The summed E-state index contributed by atoms with van der Waals surface area (Å²) in [5.74, 6) is -1.02. The minimum Gasteiger partial charge on any atom is -0.451 e. The van der Waals surface area contributed by atoms with E-state index in [4.69, 9.17) is 4.42 Å². The quantitative estimate of drug-likeness (QED) is 0.368. The van der Waals surface area contributed by atoms with E-state index in [0.717, 1.165) is 20.3 Å². The Kier molecular flexibility index (Phi) is 6.33. The molecule has 2 aromatic carbocycles. The third-order valence-corrected chi connectivity index (χ3v) is 6.70. The first-order chi connectivity index (χ1) is 14.9. The van der Waals surface area contributed by atoms with Crippen LogP contribution in [0.25, 0.3) is 11.0 Å². The number of carbonyl (C=O) groups is 1. The third-order valence-electron chi connectivity index (χ3n) is 4.70. The highest BCUT2D eigenvalue weighted by molar-refractivity contribution is 8.00. The van der Waals surface area contributed by atoms with E-state index in [1.807, 2.05) is 25.1 Å². The van der Waals surface area contributed by atoms with Gasteiger partial charge in [0.15, 0.2) is 10.1 Å². The van der Waals surface area contributed by atoms with E-state index >= 15 is 0 Å². The number of benzene rings is 2. The average Bonchev–Trinajstić information content (AvgIpc) is 3.32. The Balaban J connectivity index is 1.55. The number of carbonyl (C=O) groups excluding carboxylic acids is 1. The van der Waals surface area contributed by atoms with Gasteiger partial charge < -0.3 is 9.73 Å². The molecule has 2 heterocycles. The van der Waals surface area contributed by atoms with E-state index in [9.17, 15) is 13.6 Å². The van der Waals surface area contributed by atoms with Gasteiger partial charge in [-0.25, -0.2) is 8.78 Å². The maximum atomic E-state index is 14.0. The highest BCUT2D eigenvalue weighted by atomic mass is 32.2. The Morgan fingerprint density at radius 2 is 1.87 bits per heavy atom. The molecule has 160 valence electrons. The standard InChI is InChI=1S/C22H19F2N3O2S2/c1-12(10-15-17(23)7-5-8-18(15)24)25-21(28)20-16(11-30-22-27-26-13(2)31-22)14-6-3-4-9-19(14)29-20/h3-9,12H,10-11H2,1-2H3,(H,25,28). The van der Waals surface area contributed by atoms with Crippen molar-refractivity contribution in [2.24, 2.45) is 0 Å². The molecule has 4 aromatic rings. The Hall–Kier alpha value is -2.78. The SMILES string of the molecule is Cc1nnc(SCc2c(C(=O)NC(C)Cc3c(F)cccc3F)oc3ccccc23)s1. The van der Waals surface area contributed by atoms with Gasteiger partial charge in [-0.2, -0.15) is 0 Å². The van der Waals surface area contributed by atoms with Crippen LogP contribution < -0.4 is 5.32 Å². The number of furan rings is 1. The maximum Gasteiger partial charge on any atom is 0.287 e. The van der Waals surface area contributed by atoms with E-state index in [-0.39, 0.29) is 17.7 Å². The number of hydrogen-bond acceptors (Lipinski definition) is 6. The number of rotatable bonds is 7. The monoisotopic (exact) mass is 459 g/mol. The predicted octanol–water partition coefficient (Wildman–Crippen LogP) is 5.52. The summed E-state index contributed by atoms with van der Waals surface area (Å²) in [6, 6.07) is 10.6. The van der Waals surface area contributed by atoms with Crippen LogP contribution >= 0.6 is 23.1 Å². The molecule has 0 bridgehead atoms. The Bertz CT molecular complexity index is 1220. The van der Waals surface area contributed by atoms with Crippen LogP contribution in [0.3, 0.4) is 0 Å². The number of amides is 1. The van der Waals surface area contributed by atoms with Crippen LogP contribution in [-0.4, -0.2) is 22.1 Å². The molecular formula is C22H19F2N3O2S2. The fourth-order valence-electron chi connectivity index (χ4n) is 3.27. The lowest BCUT2D eigenvalue weighted by molar-refractivity contribution is 0.0913. The number of thioether (sulfide) groups is 1. The van der Waals surface area contributed by atoms with E-state index < -0.39 is 23.6 Å². The van der Waals surface area contributed by atoms with Gasteiger partial charge in [-0.3, -0.25) is 4.79 Å². The van der Waals surface area contributed by atoms with E-state index in [1.165, 1.54) is 41.3 Å². The second-order valence-electron chi connectivity index (χ2n) is 7.06. The van der Waals surface area contributed by atoms with E-state index in [2.05, 4.69) is 15.5 Å². The number of hydrogen-bond donors (Lipinski definition) is 1. The van der Waals surface area contributed by atoms with Crippen LogP contribution in [0.2, 0.25) is 0 Å². The second-order valence-corrected chi connectivity index (χ2v) is 9.46. The predicted molar refractivity (Wildman–Crippen MR) is 117 cm³/mol. The van der Waals surface area contributed by atoms with Crippen molar-refractivity contribution in [1.82, 2.24) is 15.5 Å². The van der Waals surface area contributed by atoms with Gasteiger partial charge in [-0.15, -0.1) is 10.2 Å². The van der Waals surface area contributed by atoms with Crippen molar-refractivity contribution in [3.05, 3.63) is 76.0 Å². The lowest BCUT2D eigenvalue weighted by Crippen LogP contribution is -2.34. The minimum atomic E-state index is -0.630. The summed E-state index contributed by atoms with van der Waals surface area (Å²) in [6.07, 6.45) is 0.0264. The molecule has 0 aliphatic heterocycles. The molecule has 1 amide bonds. The molecule has 0 aliphatic rings. The average molecular weight is 460 g/mol. The van der Waals surface area contributed by atoms with Crippen LogP contribution in [0.15, 0.2) is 51.2 Å². The summed E-state index contributed by atoms with van der Waals surface area (Å²) in [4.78, 5) is 13.0. The fraction of sp³-hybridized carbons (Fsp3) is 0.227. The molecule has 4 rings (SSSR count). The van der Waals surface area contributed by atoms with E-state index in [1.54, 1.807) is 13.0 Å². The van der Waals surface area contributed by atoms with Gasteiger partial charge in [0.25, 0.3) is 5.91 Å². The number of aryl methyl sites for hydroxylation is 1. The summed E-state index contributed by atoms with van der Waals surface area (Å²) >= 11 is 2.96. The molecule has 0 aliphatic carbocycles. The highest BCUT2D eigenvalue weighted by Crippen LogP contribution is 2.33. The lowest BCUT2D eigenvalue weighted by Gasteiger charge is -2.14. The van der Waals surface area contributed by atoms with Gasteiger partial charge in [0.2, 0.25) is 0 Å². The van der Waals surface area contributed by atoms with Gasteiger partial charge in [0.05, 0.1) is 0 Å². The van der Waals surface area contributed by atoms with Crippen molar-refractivity contribution < 1.29 is 18.0 Å². The van der Waals surface area contributed by atoms with Gasteiger partial charge in [-0.05, 0) is 38.5 Å². The van der Waals surface area contributed by atoms with Gasteiger partial charge in [0.1, 0.15) is 22.2 Å². The number of nitrogens with one attached hydrogen (secondary N) is 1. The van der Waals surface area contributed by atoms with Gasteiger partial charge >= 0.3 is 0 Å². The van der Waals surface area contributed by atoms with Crippen molar-refractivity contribution >= 4 is 40.0 Å². The van der Waals surface area contributed by atoms with Crippen molar-refractivity contribution in [2.75, 3.05) is 0 Å². The highest BCUT2D eigenvalue weighted by Gasteiger charge is 2.23. The molecule has 1 N–H and O–H groups in total. The van der Waals surface area contributed by atoms with E-state index in [0.29, 0.717) is 11.3 Å². The molecular weight excluding hydrogens is 440 g/mol. The molecule has 5 nitrogen and oxygen atoms in total. The number of para-hydroxylation sites is 1. The smallest absolute Gasteiger partial charge is 0.287 e. The van der Waals surface area contributed by atoms with Crippen molar-refractivity contribution in [3.8, 4) is 0 Å². The first-order valence-electron chi connectivity index (χ1n) is 9.59. The second kappa shape index (κ2) is 9.15. The fourth-order valence-corrected chi connectivity index (χ4v) is 5.11. The van der Waals surface area contributed by atoms with Gasteiger partial charge in [0, 0.05) is 28.3 Å². The van der Waals surface area contributed by atoms with Crippen molar-refractivity contribution in [1.29, 1.82) is 0 Å². The summed E-state index contributed by atoms with van der Waals surface area (Å²) < 4.78 is 34.6. The molecule has 31 heavy (non-hydrogen) atoms. The van der Waals surface area contributed by atoms with Crippen molar-refractivity contribution in [3.63, 3.8) is 0 Å². The molecule has 0 radical (unpaired) electrons. The largest absolute Gasteiger partial charge is 0.451 e. The van der Waals surface area contributed by atoms with Crippen molar-refractivity contribution in [2.45, 2.75) is 36.4 Å². The molecule has 0 spiro atoms. The Labute approximate surface area is 185 Å². The topological polar surface area (TPSA) is 68.0 Å². The van der Waals surface area contributed by atoms with Crippen LogP contribution in [0.1, 0.15) is 33.6 Å². The normalized spacial score (nSPS) is 12.3. The third kappa shape index (κ3) is 4.77. The van der Waals surface area contributed by atoms with Crippen LogP contribution in [0.5, 0.6) is 0 Å². The summed E-state index contributed by atoms with van der Waals surface area (Å²) in [5, 5.41) is 12.6. The molecule has 0 fully saturated rings. The molecule has 0 saturated heterocycles. The van der Waals surface area contributed by atoms with Crippen LogP contribution in [-0.2, 0) is 12.2 Å². The summed E-state index contributed by atoms with van der Waals surface area (Å²) in [5.41, 5.74) is 1.29. The summed E-state index contributed by atoms with van der Waals surface area (Å²) in [6.45, 7) is 3.58. The number of halogens is 2. The van der Waals surface area contributed by atoms with Gasteiger partial charge in [-0.1, -0.05) is 47.4 Å². The molecule has 1 unspecified atom stereocenters. The Morgan fingerprint density at radius 1 is 1.13 bits per heavy atom. The number of aromatic nitrogens is 2. The summed E-state index contributed by atoms with van der Waals surface area (Å²) in [7, 11) is 0. The zero-order chi connectivity index (χ0) is 22.0. The molecule has 0 saturated carbocycles. The minimum absolute atomic E-state index is 0.0264. The zero-order valence-electron chi connectivity index (χ0n) is 16.8. The molecule has 1 atom stereocenters. The molecule has 9 heteroatoms. The first kappa shape index (κ1) is 21.5. The first-order valence-corrected chi connectivity index (χ1v) is 11.4. The molecule has 2 aromatic heterocycles. The van der Waals surface area contributed by atoms with Crippen LogP contribution in [0, 0.1) is 18.6 Å². The Morgan fingerprint density at radius 3 is 2.58 bits per heavy atom. The lowest BCUT2D eigenvalue weighted by atomic mass is 10.1. The zero-order valence-corrected chi connectivity index (χ0v) is 18.4. The maximum absolute atomic E-state index is 14.0.